The molecule has 0 spiro atoms. The Morgan fingerprint density at radius 2 is 1.88 bits per heavy atom. The van der Waals surface area contributed by atoms with Crippen molar-refractivity contribution in [3.05, 3.63) is 52.0 Å². The zero-order valence-corrected chi connectivity index (χ0v) is 14.6. The molecule has 3 rings (SSSR count). The molecule has 5 heteroatoms. The van der Waals surface area contributed by atoms with Crippen molar-refractivity contribution in [2.45, 2.75) is 26.7 Å². The number of amides is 1. The minimum Gasteiger partial charge on any atom is -0.489 e. The highest BCUT2D eigenvalue weighted by Gasteiger charge is 2.17. The summed E-state index contributed by atoms with van der Waals surface area (Å²) in [5.74, 6) is 1.08. The third kappa shape index (κ3) is 3.65. The maximum atomic E-state index is 12.4. The zero-order valence-electron chi connectivity index (χ0n) is 13.8. The minimum atomic E-state index is -0.0852. The number of ether oxygens (including phenoxy) is 2. The molecule has 1 amide bonds. The molecule has 2 aromatic carbocycles. The number of carbonyl (C=O) groups is 1. The number of fused-ring (bicyclic) bond motifs is 1. The van der Waals surface area contributed by atoms with Gasteiger partial charge in [0.25, 0.3) is 0 Å². The number of hydrogen-bond acceptors (Lipinski definition) is 3. The number of benzene rings is 2. The van der Waals surface area contributed by atoms with Gasteiger partial charge in [-0.15, -0.1) is 0 Å². The van der Waals surface area contributed by atoms with Crippen LogP contribution in [-0.2, 0) is 11.2 Å². The van der Waals surface area contributed by atoms with Crippen molar-refractivity contribution in [2.24, 2.45) is 0 Å². The molecule has 1 aliphatic rings. The lowest BCUT2D eigenvalue weighted by Gasteiger charge is -2.13. The Balaban J connectivity index is 1.77. The number of hydrogen-bond donors (Lipinski definition) is 1. The molecule has 1 heterocycles. The maximum absolute atomic E-state index is 12.4. The molecule has 0 fully saturated rings. The van der Waals surface area contributed by atoms with Gasteiger partial charge in [0.05, 0.1) is 24.7 Å². The van der Waals surface area contributed by atoms with Crippen LogP contribution in [0.25, 0.3) is 0 Å². The maximum Gasteiger partial charge on any atom is 0.228 e. The first-order valence-electron chi connectivity index (χ1n) is 7.98. The fourth-order valence-corrected chi connectivity index (χ4v) is 3.05. The fraction of sp³-hybridized carbons (Fsp3) is 0.316. The van der Waals surface area contributed by atoms with Crippen LogP contribution in [-0.4, -0.2) is 19.1 Å². The minimum absolute atomic E-state index is 0.0852. The zero-order chi connectivity index (χ0) is 17.1. The van der Waals surface area contributed by atoms with Crippen LogP contribution in [0.1, 0.15) is 23.1 Å². The van der Waals surface area contributed by atoms with Crippen molar-refractivity contribution in [3.63, 3.8) is 0 Å². The van der Waals surface area contributed by atoms with Crippen molar-refractivity contribution in [3.8, 4) is 11.5 Å². The van der Waals surface area contributed by atoms with Crippen LogP contribution in [0.15, 0.2) is 30.3 Å². The van der Waals surface area contributed by atoms with E-state index in [0.717, 1.165) is 28.8 Å². The van der Waals surface area contributed by atoms with Crippen LogP contribution in [0.4, 0.5) is 5.69 Å². The Bertz CT molecular complexity index is 753. The number of carbonyl (C=O) groups excluding carboxylic acids is 1. The number of para-hydroxylation sites is 1. The monoisotopic (exact) mass is 345 g/mol. The molecule has 24 heavy (non-hydrogen) atoms. The van der Waals surface area contributed by atoms with Crippen molar-refractivity contribution in [2.75, 3.05) is 18.5 Å². The number of nitrogens with one attached hydrogen (secondary N) is 1. The van der Waals surface area contributed by atoms with Gasteiger partial charge in [-0.05, 0) is 42.7 Å². The van der Waals surface area contributed by atoms with E-state index in [1.807, 2.05) is 38.1 Å². The number of halogens is 1. The van der Waals surface area contributed by atoms with Crippen molar-refractivity contribution in [1.29, 1.82) is 0 Å². The molecular weight excluding hydrogens is 326 g/mol. The molecule has 2 aromatic rings. The highest BCUT2D eigenvalue weighted by atomic mass is 35.5. The summed E-state index contributed by atoms with van der Waals surface area (Å²) in [6, 6.07) is 9.53. The van der Waals surface area contributed by atoms with Gasteiger partial charge in [-0.25, -0.2) is 0 Å². The van der Waals surface area contributed by atoms with Gasteiger partial charge < -0.3 is 14.8 Å². The van der Waals surface area contributed by atoms with Crippen molar-refractivity contribution >= 4 is 23.2 Å². The quantitative estimate of drug-likeness (QED) is 0.902. The topological polar surface area (TPSA) is 47.6 Å². The third-order valence-corrected chi connectivity index (χ3v) is 4.25. The Morgan fingerprint density at radius 3 is 2.62 bits per heavy atom. The summed E-state index contributed by atoms with van der Waals surface area (Å²) in [5, 5.41) is 3.46. The van der Waals surface area contributed by atoms with Gasteiger partial charge in [0.15, 0.2) is 11.5 Å². The summed E-state index contributed by atoms with van der Waals surface area (Å²) in [5.41, 5.74) is 3.75. The second-order valence-corrected chi connectivity index (χ2v) is 6.35. The molecule has 0 bridgehead atoms. The first-order valence-corrected chi connectivity index (χ1v) is 8.36. The molecule has 0 atom stereocenters. The summed E-state index contributed by atoms with van der Waals surface area (Å²) < 4.78 is 11.3. The molecule has 0 saturated heterocycles. The number of rotatable bonds is 3. The highest BCUT2D eigenvalue weighted by molar-refractivity contribution is 6.32. The van der Waals surface area contributed by atoms with E-state index in [9.17, 15) is 4.79 Å². The predicted molar refractivity (Wildman–Crippen MR) is 95.3 cm³/mol. The van der Waals surface area contributed by atoms with E-state index in [1.165, 1.54) is 0 Å². The van der Waals surface area contributed by atoms with E-state index in [1.54, 1.807) is 6.07 Å². The van der Waals surface area contributed by atoms with E-state index < -0.39 is 0 Å². The fourth-order valence-electron chi connectivity index (χ4n) is 2.77. The lowest BCUT2D eigenvalue weighted by atomic mass is 10.1. The van der Waals surface area contributed by atoms with Crippen LogP contribution in [0, 0.1) is 13.8 Å². The average Bonchev–Trinajstić information content (AvgIpc) is 2.77. The molecule has 0 unspecified atom stereocenters. The molecule has 1 aliphatic heterocycles. The van der Waals surface area contributed by atoms with E-state index >= 15 is 0 Å². The molecular formula is C19H20ClNO3. The standard InChI is InChI=1S/C19H20ClNO3/c1-12-5-3-6-13(2)18(12)21-17(22)11-14-9-15(20)19-16(10-14)23-7-4-8-24-19/h3,5-6,9-10H,4,7-8,11H2,1-2H3,(H,21,22). The molecule has 126 valence electrons. The van der Waals surface area contributed by atoms with Gasteiger partial charge in [0.2, 0.25) is 5.91 Å². The number of anilines is 1. The molecule has 1 N–H and O–H groups in total. The highest BCUT2D eigenvalue weighted by Crippen LogP contribution is 2.38. The van der Waals surface area contributed by atoms with Crippen LogP contribution in [0.2, 0.25) is 5.02 Å². The van der Waals surface area contributed by atoms with Crippen LogP contribution < -0.4 is 14.8 Å². The second-order valence-electron chi connectivity index (χ2n) is 5.95. The van der Waals surface area contributed by atoms with Crippen molar-refractivity contribution < 1.29 is 14.3 Å². The second kappa shape index (κ2) is 7.14. The summed E-state index contributed by atoms with van der Waals surface area (Å²) in [6.45, 7) is 5.13. The lowest BCUT2D eigenvalue weighted by Crippen LogP contribution is -2.16. The third-order valence-electron chi connectivity index (χ3n) is 3.97. The summed E-state index contributed by atoms with van der Waals surface area (Å²) in [4.78, 5) is 12.4. The van der Waals surface area contributed by atoms with Gasteiger partial charge in [-0.2, -0.15) is 0 Å². The summed E-state index contributed by atoms with van der Waals surface area (Å²) in [6.07, 6.45) is 1.04. The normalized spacial score (nSPS) is 13.3. The average molecular weight is 346 g/mol. The van der Waals surface area contributed by atoms with Gasteiger partial charge in [0, 0.05) is 12.1 Å². The number of aryl methyl sites for hydroxylation is 2. The predicted octanol–water partition coefficient (Wildman–Crippen LogP) is 4.30. The first kappa shape index (κ1) is 16.7. The Kier molecular flexibility index (Phi) is 4.95. The SMILES string of the molecule is Cc1cccc(C)c1NC(=O)Cc1cc(Cl)c2c(c1)OCCCO2. The van der Waals surface area contributed by atoms with Gasteiger partial charge in [0.1, 0.15) is 0 Å². The van der Waals surface area contributed by atoms with E-state index in [0.29, 0.717) is 29.7 Å². The Hall–Kier alpha value is -2.20. The van der Waals surface area contributed by atoms with E-state index in [4.69, 9.17) is 21.1 Å². The molecule has 0 saturated carbocycles. The van der Waals surface area contributed by atoms with Crippen LogP contribution in [0.5, 0.6) is 11.5 Å². The smallest absolute Gasteiger partial charge is 0.228 e. The van der Waals surface area contributed by atoms with Gasteiger partial charge >= 0.3 is 0 Å². The van der Waals surface area contributed by atoms with Gasteiger partial charge in [-0.3, -0.25) is 4.79 Å². The Labute approximate surface area is 146 Å². The largest absolute Gasteiger partial charge is 0.489 e. The Morgan fingerprint density at radius 1 is 1.17 bits per heavy atom. The van der Waals surface area contributed by atoms with Crippen LogP contribution >= 0.6 is 11.6 Å². The van der Waals surface area contributed by atoms with Crippen molar-refractivity contribution in [1.82, 2.24) is 0 Å². The van der Waals surface area contributed by atoms with E-state index in [-0.39, 0.29) is 12.3 Å². The molecule has 4 nitrogen and oxygen atoms in total. The van der Waals surface area contributed by atoms with E-state index in [2.05, 4.69) is 5.32 Å². The van der Waals surface area contributed by atoms with Crippen LogP contribution in [0.3, 0.4) is 0 Å². The molecule has 0 radical (unpaired) electrons. The summed E-state index contributed by atoms with van der Waals surface area (Å²) >= 11 is 6.28. The summed E-state index contributed by atoms with van der Waals surface area (Å²) in [7, 11) is 0. The molecule has 0 aromatic heterocycles. The molecule has 0 aliphatic carbocycles. The lowest BCUT2D eigenvalue weighted by molar-refractivity contribution is -0.115. The van der Waals surface area contributed by atoms with Gasteiger partial charge in [-0.1, -0.05) is 29.8 Å². The first-order chi connectivity index (χ1) is 11.5.